The highest BCUT2D eigenvalue weighted by atomic mass is 16.2. The molecule has 2 N–H and O–H groups in total. The van der Waals surface area contributed by atoms with Crippen molar-refractivity contribution >= 4 is 22.9 Å². The van der Waals surface area contributed by atoms with Crippen LogP contribution in [0.25, 0.3) is 11.2 Å². The highest BCUT2D eigenvalue weighted by Gasteiger charge is 2.33. The summed E-state index contributed by atoms with van der Waals surface area (Å²) in [5.74, 6) is 1.19. The normalized spacial score (nSPS) is 15.1. The van der Waals surface area contributed by atoms with Gasteiger partial charge in [-0.05, 0) is 24.3 Å². The second-order valence-electron chi connectivity index (χ2n) is 6.45. The van der Waals surface area contributed by atoms with E-state index < -0.39 is 0 Å². The van der Waals surface area contributed by atoms with Gasteiger partial charge in [0.05, 0.1) is 18.9 Å². The van der Waals surface area contributed by atoms with E-state index in [1.54, 1.807) is 6.33 Å². The molecule has 1 amide bonds. The minimum atomic E-state index is -0.0190. The first kappa shape index (κ1) is 15.6. The molecule has 1 aromatic carbocycles. The van der Waals surface area contributed by atoms with Gasteiger partial charge in [-0.15, -0.1) is 0 Å². The Morgan fingerprint density at radius 2 is 2.08 bits per heavy atom. The smallest absolute Gasteiger partial charge is 0.240 e. The first-order valence-corrected chi connectivity index (χ1v) is 8.42. The summed E-state index contributed by atoms with van der Waals surface area (Å²) in [6, 6.07) is 10.3. The van der Waals surface area contributed by atoms with E-state index in [2.05, 4.69) is 37.4 Å². The van der Waals surface area contributed by atoms with Gasteiger partial charge in [0, 0.05) is 7.05 Å². The van der Waals surface area contributed by atoms with Crippen molar-refractivity contribution in [3.63, 3.8) is 0 Å². The maximum absolute atomic E-state index is 12.6. The minimum Gasteiger partial charge on any atom is -0.348 e. The topological polar surface area (TPSA) is 86.8 Å². The number of imidazole rings is 1. The lowest BCUT2D eigenvalue weighted by molar-refractivity contribution is -0.120. The molecule has 7 heteroatoms. The number of H-pyrrole nitrogens is 1. The number of likely N-dealkylation sites (N-methyl/N-ethyl adjacent to an activating group) is 1. The molecule has 2 aromatic heterocycles. The zero-order chi connectivity index (χ0) is 17.2. The van der Waals surface area contributed by atoms with E-state index in [0.29, 0.717) is 17.4 Å². The van der Waals surface area contributed by atoms with Gasteiger partial charge in [0.15, 0.2) is 11.5 Å². The molecular formula is C18H20N6O. The third kappa shape index (κ3) is 3.31. The van der Waals surface area contributed by atoms with Crippen LogP contribution < -0.4 is 10.2 Å². The number of rotatable bonds is 6. The Balaban J connectivity index is 1.47. The zero-order valence-electron chi connectivity index (χ0n) is 14.0. The fourth-order valence-electron chi connectivity index (χ4n) is 3.11. The second-order valence-corrected chi connectivity index (χ2v) is 6.45. The summed E-state index contributed by atoms with van der Waals surface area (Å²) < 4.78 is 0. The van der Waals surface area contributed by atoms with Gasteiger partial charge in [0.25, 0.3) is 0 Å². The predicted molar refractivity (Wildman–Crippen MR) is 95.0 cm³/mol. The van der Waals surface area contributed by atoms with Crippen molar-refractivity contribution in [2.45, 2.75) is 18.9 Å². The molecule has 7 nitrogen and oxygen atoms in total. The molecule has 3 aromatic rings. The van der Waals surface area contributed by atoms with Gasteiger partial charge < -0.3 is 15.2 Å². The molecular weight excluding hydrogens is 316 g/mol. The third-order valence-corrected chi connectivity index (χ3v) is 4.51. The first-order valence-electron chi connectivity index (χ1n) is 8.42. The summed E-state index contributed by atoms with van der Waals surface area (Å²) in [4.78, 5) is 29.9. The molecule has 1 aliphatic carbocycles. The molecule has 1 saturated carbocycles. The fraction of sp³-hybridized carbons (Fsp3) is 0.333. The van der Waals surface area contributed by atoms with Crippen LogP contribution >= 0.6 is 0 Å². The Morgan fingerprint density at radius 1 is 1.28 bits per heavy atom. The van der Waals surface area contributed by atoms with Gasteiger partial charge in [-0.3, -0.25) is 4.79 Å². The van der Waals surface area contributed by atoms with Crippen LogP contribution in [-0.4, -0.2) is 39.4 Å². The molecule has 0 saturated heterocycles. The summed E-state index contributed by atoms with van der Waals surface area (Å²) >= 11 is 0. The van der Waals surface area contributed by atoms with Crippen LogP contribution in [0.1, 0.15) is 24.4 Å². The van der Waals surface area contributed by atoms with Gasteiger partial charge in [-0.1, -0.05) is 30.3 Å². The molecule has 0 spiro atoms. The average molecular weight is 336 g/mol. The highest BCUT2D eigenvalue weighted by Crippen LogP contribution is 2.40. The minimum absolute atomic E-state index is 0.0190. The van der Waals surface area contributed by atoms with Crippen molar-refractivity contribution in [2.24, 2.45) is 5.92 Å². The number of carbonyl (C=O) groups is 1. The number of nitrogens with one attached hydrogen (secondary N) is 2. The quantitative estimate of drug-likeness (QED) is 0.719. The van der Waals surface area contributed by atoms with Crippen molar-refractivity contribution in [1.29, 1.82) is 0 Å². The van der Waals surface area contributed by atoms with E-state index in [0.717, 1.165) is 18.4 Å². The molecule has 0 bridgehead atoms. The number of benzene rings is 1. The lowest BCUT2D eigenvalue weighted by atomic mass is 10.0. The van der Waals surface area contributed by atoms with Gasteiger partial charge >= 0.3 is 0 Å². The summed E-state index contributed by atoms with van der Waals surface area (Å²) in [5, 5.41) is 3.19. The number of fused-ring (bicyclic) bond motifs is 1. The molecule has 0 aliphatic heterocycles. The summed E-state index contributed by atoms with van der Waals surface area (Å²) in [5.41, 5.74) is 2.50. The van der Waals surface area contributed by atoms with Crippen LogP contribution in [0.3, 0.4) is 0 Å². The van der Waals surface area contributed by atoms with Crippen LogP contribution in [0.5, 0.6) is 0 Å². The Labute approximate surface area is 145 Å². The number of carbonyl (C=O) groups excluding carboxylic acids is 1. The summed E-state index contributed by atoms with van der Waals surface area (Å²) in [6.45, 7) is 0.223. The van der Waals surface area contributed by atoms with Crippen molar-refractivity contribution < 1.29 is 4.79 Å². The van der Waals surface area contributed by atoms with Gasteiger partial charge in [0.2, 0.25) is 5.91 Å². The molecule has 4 rings (SSSR count). The van der Waals surface area contributed by atoms with Crippen molar-refractivity contribution in [3.8, 4) is 0 Å². The van der Waals surface area contributed by atoms with E-state index >= 15 is 0 Å². The summed E-state index contributed by atoms with van der Waals surface area (Å²) in [7, 11) is 1.84. The fourth-order valence-corrected chi connectivity index (χ4v) is 3.11. The van der Waals surface area contributed by atoms with E-state index in [-0.39, 0.29) is 18.5 Å². The lowest BCUT2D eigenvalue weighted by Gasteiger charge is -2.22. The maximum atomic E-state index is 12.6. The van der Waals surface area contributed by atoms with E-state index in [1.807, 2.05) is 30.1 Å². The highest BCUT2D eigenvalue weighted by molar-refractivity contribution is 5.87. The average Bonchev–Trinajstić information content (AvgIpc) is 3.36. The molecule has 2 heterocycles. The van der Waals surface area contributed by atoms with Crippen molar-refractivity contribution in [1.82, 2.24) is 25.3 Å². The Bertz CT molecular complexity index is 873. The number of hydrogen-bond acceptors (Lipinski definition) is 5. The predicted octanol–water partition coefficient (Wildman–Crippen LogP) is 2.06. The standard InChI is InChI=1S/C18H20N6O/c1-24(18-16-17(20-10-19-16)21-11-22-18)9-14(25)23-15(13-7-8-13)12-5-3-2-4-6-12/h2-6,10-11,13,15H,7-9H2,1H3,(H,23,25)(H,19,20,21,22)/t15-/m0/s1. The first-order chi connectivity index (χ1) is 12.2. The number of aromatic amines is 1. The lowest BCUT2D eigenvalue weighted by Crippen LogP contribution is -2.38. The molecule has 25 heavy (non-hydrogen) atoms. The Kier molecular flexibility index (Phi) is 4.05. The second kappa shape index (κ2) is 6.51. The number of hydrogen-bond donors (Lipinski definition) is 2. The monoisotopic (exact) mass is 336 g/mol. The molecule has 0 unspecified atom stereocenters. The molecule has 0 radical (unpaired) electrons. The van der Waals surface area contributed by atoms with Crippen LogP contribution in [0, 0.1) is 5.92 Å². The number of anilines is 1. The van der Waals surface area contributed by atoms with E-state index in [9.17, 15) is 4.79 Å². The number of amides is 1. The molecule has 1 aliphatic rings. The Hall–Kier alpha value is -2.96. The maximum Gasteiger partial charge on any atom is 0.240 e. The van der Waals surface area contributed by atoms with Crippen LogP contribution in [0.15, 0.2) is 43.0 Å². The zero-order valence-corrected chi connectivity index (χ0v) is 14.0. The van der Waals surface area contributed by atoms with Crippen molar-refractivity contribution in [3.05, 3.63) is 48.5 Å². The van der Waals surface area contributed by atoms with E-state index in [1.165, 1.54) is 11.9 Å². The molecule has 1 atom stereocenters. The van der Waals surface area contributed by atoms with E-state index in [4.69, 9.17) is 0 Å². The van der Waals surface area contributed by atoms with Gasteiger partial charge in [-0.25, -0.2) is 15.0 Å². The summed E-state index contributed by atoms with van der Waals surface area (Å²) in [6.07, 6.45) is 5.37. The largest absolute Gasteiger partial charge is 0.348 e. The molecule has 128 valence electrons. The van der Waals surface area contributed by atoms with Gasteiger partial charge in [0.1, 0.15) is 11.8 Å². The number of aromatic nitrogens is 4. The Morgan fingerprint density at radius 3 is 2.84 bits per heavy atom. The van der Waals surface area contributed by atoms with Crippen molar-refractivity contribution in [2.75, 3.05) is 18.5 Å². The van der Waals surface area contributed by atoms with Gasteiger partial charge in [-0.2, -0.15) is 0 Å². The third-order valence-electron chi connectivity index (χ3n) is 4.51. The van der Waals surface area contributed by atoms with Crippen LogP contribution in [-0.2, 0) is 4.79 Å². The molecule has 1 fully saturated rings. The van der Waals surface area contributed by atoms with Crippen LogP contribution in [0.2, 0.25) is 0 Å². The SMILES string of the molecule is CN(CC(=O)N[C@@H](c1ccccc1)C1CC1)c1ncnc2nc[nH]c12. The van der Waals surface area contributed by atoms with Crippen LogP contribution in [0.4, 0.5) is 5.82 Å². The number of nitrogens with zero attached hydrogens (tertiary/aromatic N) is 4.